The van der Waals surface area contributed by atoms with Gasteiger partial charge in [-0.2, -0.15) is 0 Å². The topological polar surface area (TPSA) is 15.3 Å². The second-order valence-electron chi connectivity index (χ2n) is 5.95. The van der Waals surface area contributed by atoms with Gasteiger partial charge in [0.25, 0.3) is 0 Å². The number of hydrogen-bond donors (Lipinski definition) is 1. The van der Waals surface area contributed by atoms with Gasteiger partial charge in [-0.15, -0.1) is 0 Å². The Morgan fingerprint density at radius 3 is 2.84 bits per heavy atom. The van der Waals surface area contributed by atoms with Crippen LogP contribution >= 0.6 is 0 Å². The molecule has 1 aromatic carbocycles. The van der Waals surface area contributed by atoms with Crippen LogP contribution in [0.5, 0.6) is 0 Å². The molecule has 1 saturated heterocycles. The monoisotopic (exact) mass is 262 g/mol. The fraction of sp³-hybridized carbons (Fsp3) is 0.625. The first-order chi connectivity index (χ1) is 9.20. The van der Waals surface area contributed by atoms with Crippen LogP contribution in [0, 0.1) is 18.7 Å². The minimum Gasteiger partial charge on any atom is -0.365 e. The summed E-state index contributed by atoms with van der Waals surface area (Å²) in [7, 11) is 0. The number of anilines is 1. The lowest BCUT2D eigenvalue weighted by molar-refractivity contribution is 0.359. The van der Waals surface area contributed by atoms with E-state index in [-0.39, 0.29) is 5.82 Å². The van der Waals surface area contributed by atoms with Gasteiger partial charge in [0.1, 0.15) is 5.82 Å². The summed E-state index contributed by atoms with van der Waals surface area (Å²) in [5.41, 5.74) is 1.87. The van der Waals surface area contributed by atoms with Crippen LogP contribution in [0.25, 0.3) is 0 Å². The van der Waals surface area contributed by atoms with Crippen LogP contribution in [0.4, 0.5) is 10.1 Å². The number of nitrogens with zero attached hydrogens (tertiary/aromatic N) is 1. The zero-order chi connectivity index (χ0) is 13.4. The Labute approximate surface area is 115 Å². The second kappa shape index (κ2) is 5.12. The largest absolute Gasteiger partial charge is 0.365 e. The lowest BCUT2D eigenvalue weighted by Gasteiger charge is -2.42. The summed E-state index contributed by atoms with van der Waals surface area (Å²) in [5, 5.41) is 3.68. The van der Waals surface area contributed by atoms with Gasteiger partial charge in [0, 0.05) is 36.4 Å². The van der Waals surface area contributed by atoms with Gasteiger partial charge >= 0.3 is 0 Å². The van der Waals surface area contributed by atoms with Crippen LogP contribution in [-0.4, -0.2) is 25.2 Å². The quantitative estimate of drug-likeness (QED) is 0.900. The van der Waals surface area contributed by atoms with Crippen LogP contribution in [-0.2, 0) is 0 Å². The molecule has 2 aliphatic rings. The molecular formula is C16H23FN2. The van der Waals surface area contributed by atoms with Crippen molar-refractivity contribution < 1.29 is 4.39 Å². The van der Waals surface area contributed by atoms with Crippen molar-refractivity contribution in [2.45, 2.75) is 45.2 Å². The molecule has 1 aliphatic carbocycles. The Morgan fingerprint density at radius 2 is 2.16 bits per heavy atom. The molecule has 2 nitrogen and oxygen atoms in total. The summed E-state index contributed by atoms with van der Waals surface area (Å²) in [6, 6.07) is 6.52. The summed E-state index contributed by atoms with van der Waals surface area (Å²) in [6.45, 7) is 6.15. The van der Waals surface area contributed by atoms with E-state index in [9.17, 15) is 4.39 Å². The van der Waals surface area contributed by atoms with Crippen molar-refractivity contribution in [3.05, 3.63) is 29.6 Å². The van der Waals surface area contributed by atoms with E-state index in [1.807, 2.05) is 13.0 Å². The summed E-state index contributed by atoms with van der Waals surface area (Å²) in [5.74, 6) is 0.753. The van der Waals surface area contributed by atoms with Crippen molar-refractivity contribution in [3.63, 3.8) is 0 Å². The highest BCUT2D eigenvalue weighted by atomic mass is 19.1. The average Bonchev–Trinajstić information content (AvgIpc) is 3.26. The first kappa shape index (κ1) is 12.9. The van der Waals surface area contributed by atoms with Crippen molar-refractivity contribution in [1.29, 1.82) is 0 Å². The molecular weight excluding hydrogens is 239 g/mol. The number of rotatable bonds is 3. The molecule has 1 N–H and O–H groups in total. The van der Waals surface area contributed by atoms with E-state index < -0.39 is 0 Å². The number of nitrogens with one attached hydrogen (secondary N) is 1. The standard InChI is InChI=1S/C16H23FN2/c1-3-13-9-18-15(12-7-8-12)10-19(13)16-6-4-5-14(17)11(16)2/h4-6,12-13,15,18H,3,7-10H2,1-2H3. The van der Waals surface area contributed by atoms with Gasteiger partial charge in [-0.3, -0.25) is 0 Å². The molecule has 0 radical (unpaired) electrons. The highest BCUT2D eigenvalue weighted by molar-refractivity contribution is 5.55. The summed E-state index contributed by atoms with van der Waals surface area (Å²) >= 11 is 0. The molecule has 2 fully saturated rings. The predicted molar refractivity (Wildman–Crippen MR) is 77.1 cm³/mol. The number of piperazine rings is 1. The zero-order valence-corrected chi connectivity index (χ0v) is 11.8. The van der Waals surface area contributed by atoms with Gasteiger partial charge in [-0.05, 0) is 44.2 Å². The highest BCUT2D eigenvalue weighted by Crippen LogP contribution is 2.36. The first-order valence-corrected chi connectivity index (χ1v) is 7.45. The van der Waals surface area contributed by atoms with Crippen LogP contribution in [0.1, 0.15) is 31.7 Å². The Morgan fingerprint density at radius 1 is 1.37 bits per heavy atom. The van der Waals surface area contributed by atoms with Gasteiger partial charge in [-0.1, -0.05) is 13.0 Å². The van der Waals surface area contributed by atoms with E-state index in [1.54, 1.807) is 6.07 Å². The molecule has 0 aromatic heterocycles. The van der Waals surface area contributed by atoms with Gasteiger partial charge in [0.2, 0.25) is 0 Å². The highest BCUT2D eigenvalue weighted by Gasteiger charge is 2.37. The third-order valence-corrected chi connectivity index (χ3v) is 4.66. The second-order valence-corrected chi connectivity index (χ2v) is 5.95. The lowest BCUT2D eigenvalue weighted by atomic mass is 10.0. The molecule has 0 amide bonds. The minimum absolute atomic E-state index is 0.0890. The summed E-state index contributed by atoms with van der Waals surface area (Å²) in [6.07, 6.45) is 3.80. The molecule has 0 bridgehead atoms. The van der Waals surface area contributed by atoms with Crippen LogP contribution < -0.4 is 10.2 Å². The van der Waals surface area contributed by atoms with Crippen LogP contribution in [0.15, 0.2) is 18.2 Å². The maximum absolute atomic E-state index is 13.8. The van der Waals surface area contributed by atoms with Crippen molar-refractivity contribution >= 4 is 5.69 Å². The van der Waals surface area contributed by atoms with E-state index in [1.165, 1.54) is 12.8 Å². The Bertz CT molecular complexity index is 456. The molecule has 104 valence electrons. The molecule has 3 rings (SSSR count). The molecule has 3 heteroatoms. The molecule has 0 spiro atoms. The molecule has 1 aliphatic heterocycles. The van der Waals surface area contributed by atoms with Gasteiger partial charge in [0.15, 0.2) is 0 Å². The van der Waals surface area contributed by atoms with Gasteiger partial charge in [0.05, 0.1) is 0 Å². The van der Waals surface area contributed by atoms with Crippen molar-refractivity contribution in [2.24, 2.45) is 5.92 Å². The van der Waals surface area contributed by atoms with E-state index in [4.69, 9.17) is 0 Å². The molecule has 2 unspecified atom stereocenters. The predicted octanol–water partition coefficient (Wildman–Crippen LogP) is 3.10. The van der Waals surface area contributed by atoms with E-state index >= 15 is 0 Å². The third kappa shape index (κ3) is 2.48. The fourth-order valence-electron chi connectivity index (χ4n) is 3.20. The Hall–Kier alpha value is -1.09. The number of benzene rings is 1. The lowest BCUT2D eigenvalue weighted by Crippen LogP contribution is -2.57. The van der Waals surface area contributed by atoms with E-state index in [0.29, 0.717) is 12.1 Å². The number of halogens is 1. The maximum Gasteiger partial charge on any atom is 0.128 e. The maximum atomic E-state index is 13.8. The Balaban J connectivity index is 1.87. The van der Waals surface area contributed by atoms with E-state index in [2.05, 4.69) is 23.2 Å². The van der Waals surface area contributed by atoms with Gasteiger partial charge in [-0.25, -0.2) is 4.39 Å². The zero-order valence-electron chi connectivity index (χ0n) is 11.8. The molecule has 1 saturated carbocycles. The summed E-state index contributed by atoms with van der Waals surface area (Å²) < 4.78 is 13.8. The number of hydrogen-bond acceptors (Lipinski definition) is 2. The fourth-order valence-corrected chi connectivity index (χ4v) is 3.20. The van der Waals surface area contributed by atoms with Crippen molar-refractivity contribution in [2.75, 3.05) is 18.0 Å². The SMILES string of the molecule is CCC1CNC(C2CC2)CN1c1cccc(F)c1C. The van der Waals surface area contributed by atoms with E-state index in [0.717, 1.165) is 36.7 Å². The normalized spacial score (nSPS) is 27.6. The first-order valence-electron chi connectivity index (χ1n) is 7.45. The summed E-state index contributed by atoms with van der Waals surface area (Å²) in [4.78, 5) is 2.43. The van der Waals surface area contributed by atoms with Crippen molar-refractivity contribution in [1.82, 2.24) is 5.32 Å². The smallest absolute Gasteiger partial charge is 0.128 e. The Kier molecular flexibility index (Phi) is 3.48. The third-order valence-electron chi connectivity index (χ3n) is 4.66. The minimum atomic E-state index is -0.0890. The molecule has 19 heavy (non-hydrogen) atoms. The molecule has 1 aromatic rings. The average molecular weight is 262 g/mol. The van der Waals surface area contributed by atoms with Crippen LogP contribution in [0.3, 0.4) is 0 Å². The molecule has 1 heterocycles. The van der Waals surface area contributed by atoms with Gasteiger partial charge < -0.3 is 10.2 Å². The molecule has 2 atom stereocenters. The van der Waals surface area contributed by atoms with Crippen LogP contribution in [0.2, 0.25) is 0 Å². The van der Waals surface area contributed by atoms with Crippen molar-refractivity contribution in [3.8, 4) is 0 Å².